The van der Waals surface area contributed by atoms with Crippen molar-refractivity contribution >= 4 is 51.9 Å². The molecule has 0 fully saturated rings. The standard InChI is InChI=1S/C13H18BrN3O2S.ClH/c1-9(20-11-4-2-10(14)3-5-11)7-16-13(19)8-17-12(18)6-15;/h2-5,9H,6-8,15H2,1H3,(H,16,19)(H,17,18);1H. The SMILES string of the molecule is CC(CNC(=O)CNC(=O)CN)Sc1ccc(Br)cc1.Cl. The molecule has 8 heteroatoms. The van der Waals surface area contributed by atoms with Gasteiger partial charge in [-0.25, -0.2) is 0 Å². The first-order valence-corrected chi connectivity index (χ1v) is 7.84. The predicted octanol–water partition coefficient (Wildman–Crippen LogP) is 1.54. The summed E-state index contributed by atoms with van der Waals surface area (Å²) in [5.74, 6) is -0.549. The minimum absolute atomic E-state index is 0. The largest absolute Gasteiger partial charge is 0.353 e. The molecule has 1 unspecified atom stereocenters. The summed E-state index contributed by atoms with van der Waals surface area (Å²) in [6.07, 6.45) is 0. The maximum atomic E-state index is 11.5. The average Bonchev–Trinajstić information content (AvgIpc) is 2.45. The Labute approximate surface area is 143 Å². The molecule has 0 bridgehead atoms. The van der Waals surface area contributed by atoms with Crippen molar-refractivity contribution in [3.63, 3.8) is 0 Å². The Kier molecular flexibility index (Phi) is 10.5. The Bertz CT molecular complexity index is 459. The number of carbonyl (C=O) groups excluding carboxylic acids is 2. The van der Waals surface area contributed by atoms with E-state index in [4.69, 9.17) is 5.73 Å². The van der Waals surface area contributed by atoms with Gasteiger partial charge in [0, 0.05) is 21.2 Å². The molecule has 0 aliphatic carbocycles. The van der Waals surface area contributed by atoms with Gasteiger partial charge in [0.25, 0.3) is 0 Å². The summed E-state index contributed by atoms with van der Waals surface area (Å²) in [6, 6.07) is 8.01. The number of hydrogen-bond acceptors (Lipinski definition) is 4. The van der Waals surface area contributed by atoms with Crippen molar-refractivity contribution in [1.29, 1.82) is 0 Å². The second-order valence-corrected chi connectivity index (χ2v) is 6.59. The Balaban J connectivity index is 0.00000400. The summed E-state index contributed by atoms with van der Waals surface area (Å²) < 4.78 is 1.04. The van der Waals surface area contributed by atoms with E-state index < -0.39 is 0 Å². The van der Waals surface area contributed by atoms with Gasteiger partial charge in [0.2, 0.25) is 11.8 Å². The van der Waals surface area contributed by atoms with Gasteiger partial charge in [0.15, 0.2) is 0 Å². The second-order valence-electron chi connectivity index (χ2n) is 4.17. The Morgan fingerprint density at radius 2 is 1.86 bits per heavy atom. The number of carbonyl (C=O) groups is 2. The highest BCUT2D eigenvalue weighted by Gasteiger charge is 2.08. The molecule has 118 valence electrons. The van der Waals surface area contributed by atoms with Gasteiger partial charge < -0.3 is 16.4 Å². The zero-order valence-electron chi connectivity index (χ0n) is 11.6. The van der Waals surface area contributed by atoms with Gasteiger partial charge in [-0.2, -0.15) is 0 Å². The highest BCUT2D eigenvalue weighted by molar-refractivity contribution is 9.10. The molecule has 0 aromatic heterocycles. The molecule has 0 spiro atoms. The van der Waals surface area contributed by atoms with Crippen LogP contribution in [0.25, 0.3) is 0 Å². The van der Waals surface area contributed by atoms with Crippen LogP contribution in [0.4, 0.5) is 0 Å². The highest BCUT2D eigenvalue weighted by atomic mass is 79.9. The van der Waals surface area contributed by atoms with E-state index in [0.29, 0.717) is 6.54 Å². The van der Waals surface area contributed by atoms with Crippen molar-refractivity contribution in [2.24, 2.45) is 5.73 Å². The molecular weight excluding hydrogens is 378 g/mol. The molecule has 4 N–H and O–H groups in total. The van der Waals surface area contributed by atoms with Gasteiger partial charge in [0.1, 0.15) is 0 Å². The number of rotatable bonds is 7. The van der Waals surface area contributed by atoms with E-state index in [1.807, 2.05) is 31.2 Å². The van der Waals surface area contributed by atoms with Crippen molar-refractivity contribution in [2.45, 2.75) is 17.1 Å². The summed E-state index contributed by atoms with van der Waals surface area (Å²) >= 11 is 5.07. The maximum Gasteiger partial charge on any atom is 0.239 e. The lowest BCUT2D eigenvalue weighted by atomic mass is 10.4. The van der Waals surface area contributed by atoms with Crippen molar-refractivity contribution in [3.8, 4) is 0 Å². The van der Waals surface area contributed by atoms with Crippen molar-refractivity contribution in [2.75, 3.05) is 19.6 Å². The molecule has 2 amide bonds. The van der Waals surface area contributed by atoms with Crippen LogP contribution in [-0.2, 0) is 9.59 Å². The van der Waals surface area contributed by atoms with Crippen molar-refractivity contribution < 1.29 is 9.59 Å². The van der Waals surface area contributed by atoms with Gasteiger partial charge >= 0.3 is 0 Å². The fraction of sp³-hybridized carbons (Fsp3) is 0.385. The topological polar surface area (TPSA) is 84.2 Å². The first kappa shape index (κ1) is 20.2. The van der Waals surface area contributed by atoms with Crippen LogP contribution in [-0.4, -0.2) is 36.7 Å². The molecular formula is C13H19BrClN3O2S. The molecule has 1 atom stereocenters. The minimum atomic E-state index is -0.336. The number of halogens is 2. The summed E-state index contributed by atoms with van der Waals surface area (Å²) in [7, 11) is 0. The monoisotopic (exact) mass is 395 g/mol. The van der Waals surface area contributed by atoms with Crippen LogP contribution in [0.5, 0.6) is 0 Å². The van der Waals surface area contributed by atoms with E-state index in [9.17, 15) is 9.59 Å². The zero-order valence-corrected chi connectivity index (χ0v) is 14.8. The van der Waals surface area contributed by atoms with E-state index in [2.05, 4.69) is 26.6 Å². The molecule has 0 aliphatic rings. The van der Waals surface area contributed by atoms with Crippen LogP contribution < -0.4 is 16.4 Å². The van der Waals surface area contributed by atoms with Crippen LogP contribution >= 0.6 is 40.1 Å². The Hall–Kier alpha value is -0.760. The van der Waals surface area contributed by atoms with Crippen molar-refractivity contribution in [3.05, 3.63) is 28.7 Å². The van der Waals surface area contributed by atoms with Crippen molar-refractivity contribution in [1.82, 2.24) is 10.6 Å². The van der Waals surface area contributed by atoms with Gasteiger partial charge in [-0.05, 0) is 24.3 Å². The second kappa shape index (κ2) is 10.9. The molecule has 1 aromatic rings. The van der Waals surface area contributed by atoms with E-state index >= 15 is 0 Å². The normalized spacial score (nSPS) is 11.2. The van der Waals surface area contributed by atoms with E-state index in [1.54, 1.807) is 11.8 Å². The summed E-state index contributed by atoms with van der Waals surface area (Å²) in [6.45, 7) is 2.43. The Morgan fingerprint density at radius 3 is 2.43 bits per heavy atom. The third kappa shape index (κ3) is 8.98. The maximum absolute atomic E-state index is 11.5. The lowest BCUT2D eigenvalue weighted by Gasteiger charge is -2.12. The average molecular weight is 397 g/mol. The van der Waals surface area contributed by atoms with Gasteiger partial charge in [0.05, 0.1) is 13.1 Å². The number of nitrogens with two attached hydrogens (primary N) is 1. The fourth-order valence-electron chi connectivity index (χ4n) is 1.36. The number of hydrogen-bond donors (Lipinski definition) is 3. The smallest absolute Gasteiger partial charge is 0.239 e. The number of thioether (sulfide) groups is 1. The summed E-state index contributed by atoms with van der Waals surface area (Å²) in [4.78, 5) is 23.5. The first-order valence-electron chi connectivity index (χ1n) is 6.17. The quantitative estimate of drug-likeness (QED) is 0.610. The predicted molar refractivity (Wildman–Crippen MR) is 91.8 cm³/mol. The van der Waals surface area contributed by atoms with Gasteiger partial charge in [-0.3, -0.25) is 9.59 Å². The molecule has 0 aliphatic heterocycles. The molecule has 0 heterocycles. The molecule has 1 aromatic carbocycles. The lowest BCUT2D eigenvalue weighted by Crippen LogP contribution is -2.40. The molecule has 0 saturated carbocycles. The van der Waals surface area contributed by atoms with Crippen LogP contribution in [0.1, 0.15) is 6.92 Å². The molecule has 0 saturated heterocycles. The van der Waals surface area contributed by atoms with Gasteiger partial charge in [-0.1, -0.05) is 22.9 Å². The molecule has 5 nitrogen and oxygen atoms in total. The van der Waals surface area contributed by atoms with Crippen LogP contribution in [0.15, 0.2) is 33.6 Å². The molecule has 1 rings (SSSR count). The zero-order chi connectivity index (χ0) is 15.0. The van der Waals surface area contributed by atoms with Gasteiger partial charge in [-0.15, -0.1) is 24.2 Å². The minimum Gasteiger partial charge on any atom is -0.353 e. The number of benzene rings is 1. The third-order valence-corrected chi connectivity index (χ3v) is 4.01. The first-order chi connectivity index (χ1) is 9.51. The van der Waals surface area contributed by atoms with Crippen LogP contribution in [0, 0.1) is 0 Å². The lowest BCUT2D eigenvalue weighted by molar-refractivity contribution is -0.125. The fourth-order valence-corrected chi connectivity index (χ4v) is 2.55. The van der Waals surface area contributed by atoms with E-state index in [1.165, 1.54) is 0 Å². The highest BCUT2D eigenvalue weighted by Crippen LogP contribution is 2.24. The molecule has 0 radical (unpaired) electrons. The summed E-state index contributed by atoms with van der Waals surface area (Å²) in [5, 5.41) is 5.43. The Morgan fingerprint density at radius 1 is 1.24 bits per heavy atom. The van der Waals surface area contributed by atoms with E-state index in [0.717, 1.165) is 9.37 Å². The van der Waals surface area contributed by atoms with Crippen LogP contribution in [0.2, 0.25) is 0 Å². The van der Waals surface area contributed by atoms with Crippen LogP contribution in [0.3, 0.4) is 0 Å². The number of amides is 2. The number of nitrogens with one attached hydrogen (secondary N) is 2. The summed E-state index contributed by atoms with van der Waals surface area (Å²) in [5.41, 5.74) is 5.13. The molecule has 21 heavy (non-hydrogen) atoms. The third-order valence-electron chi connectivity index (χ3n) is 2.37. The van der Waals surface area contributed by atoms with E-state index in [-0.39, 0.29) is 42.6 Å².